The Morgan fingerprint density at radius 2 is 0.794 bits per heavy atom. The summed E-state index contributed by atoms with van der Waals surface area (Å²) in [5.41, 5.74) is 34.3. The zero-order valence-electron chi connectivity index (χ0n) is 35.8. The van der Waals surface area contributed by atoms with E-state index in [1.54, 1.807) is 0 Å². The molecule has 2 aliphatic carbocycles. The van der Waals surface area contributed by atoms with Crippen molar-refractivity contribution in [2.45, 2.75) is 38.5 Å². The van der Waals surface area contributed by atoms with E-state index in [1.807, 2.05) is 0 Å². The molecule has 0 spiro atoms. The van der Waals surface area contributed by atoms with Crippen molar-refractivity contribution >= 4 is 63.3 Å². The van der Waals surface area contributed by atoms with Crippen LogP contribution in [0.2, 0.25) is 0 Å². The molecule has 0 bridgehead atoms. The predicted molar refractivity (Wildman–Crippen MR) is 267 cm³/mol. The van der Waals surface area contributed by atoms with Crippen molar-refractivity contribution < 1.29 is 0 Å². The van der Waals surface area contributed by atoms with Crippen molar-refractivity contribution in [3.05, 3.63) is 198 Å². The van der Waals surface area contributed by atoms with Gasteiger partial charge in [0.05, 0.1) is 0 Å². The maximum absolute atomic E-state index is 2.67. The van der Waals surface area contributed by atoms with Crippen LogP contribution >= 0.6 is 0 Å². The van der Waals surface area contributed by atoms with Crippen molar-refractivity contribution in [1.82, 2.24) is 0 Å². The van der Waals surface area contributed by atoms with E-state index in [4.69, 9.17) is 0 Å². The van der Waals surface area contributed by atoms with Gasteiger partial charge >= 0.3 is 0 Å². The maximum Gasteiger partial charge on any atom is 0.248 e. The molecule has 0 fully saturated rings. The molecule has 0 aromatic heterocycles. The quantitative estimate of drug-likeness (QED) is 0.158. The van der Waals surface area contributed by atoms with Gasteiger partial charge in [-0.1, -0.05) is 184 Å². The predicted octanol–water partition coefficient (Wildman–Crippen LogP) is 10.7. The molecular weight excluding hydrogens is 756 g/mol. The molecule has 292 valence electrons. The second kappa shape index (κ2) is 11.5. The summed E-state index contributed by atoms with van der Waals surface area (Å²) in [5, 5.41) is 0. The highest BCUT2D eigenvalue weighted by molar-refractivity contribution is 7.05. The van der Waals surface area contributed by atoms with Crippen molar-refractivity contribution in [3.63, 3.8) is 0 Å². The van der Waals surface area contributed by atoms with E-state index in [1.165, 1.54) is 139 Å². The Hall–Kier alpha value is -7.09. The highest BCUT2D eigenvalue weighted by Gasteiger charge is 2.51. The average molecular weight is 798 g/mol. The van der Waals surface area contributed by atoms with Gasteiger partial charge < -0.3 is 4.90 Å². The molecule has 0 unspecified atom stereocenters. The Morgan fingerprint density at radius 3 is 1.38 bits per heavy atom. The van der Waals surface area contributed by atoms with Gasteiger partial charge in [-0.15, -0.1) is 0 Å². The van der Waals surface area contributed by atoms with Gasteiger partial charge in [0.25, 0.3) is 0 Å². The van der Waals surface area contributed by atoms with Crippen LogP contribution in [0, 0.1) is 0 Å². The first kappa shape index (κ1) is 34.5. The van der Waals surface area contributed by atoms with E-state index in [0.717, 1.165) is 0 Å². The number of nitrogens with zero attached hydrogens (tertiary/aromatic N) is 1. The number of hydrogen-bond donors (Lipinski definition) is 0. The number of benzene rings is 9. The Kier molecular flexibility index (Phi) is 6.28. The minimum Gasteiger partial charge on any atom is -0.312 e. The smallest absolute Gasteiger partial charge is 0.248 e. The largest absolute Gasteiger partial charge is 0.312 e. The van der Waals surface area contributed by atoms with E-state index < -0.39 is 0 Å². The van der Waals surface area contributed by atoms with Crippen LogP contribution in [-0.4, -0.2) is 13.4 Å². The van der Waals surface area contributed by atoms with Gasteiger partial charge in [0.15, 0.2) is 0 Å². The highest BCUT2D eigenvalue weighted by atomic mass is 15.2. The second-order valence-corrected chi connectivity index (χ2v) is 19.9. The zero-order chi connectivity index (χ0) is 41.7. The minimum atomic E-state index is -0.148. The lowest BCUT2D eigenvalue weighted by molar-refractivity contribution is 0.661. The summed E-state index contributed by atoms with van der Waals surface area (Å²) in [6, 6.07) is 67.9. The minimum absolute atomic E-state index is 0.0791. The maximum atomic E-state index is 2.67. The van der Waals surface area contributed by atoms with Gasteiger partial charge in [0, 0.05) is 27.9 Å². The summed E-state index contributed by atoms with van der Waals surface area (Å²) in [5.74, 6) is 0. The molecule has 63 heavy (non-hydrogen) atoms. The van der Waals surface area contributed by atoms with E-state index >= 15 is 0 Å². The number of hydrogen-bond acceptors (Lipinski definition) is 1. The standard InChI is InChI=1S/C60H41B2N/c1-59(2)46-22-12-11-19-38(46)42-30-44-40-20-13-23-54-56(40)61(50(44)32-48(42)59)52-28-37(35-17-9-6-10-18-35)29-53-58(52)63(54)55-24-14-21-41-45-31-43-39-26-25-36(34-15-7-5-8-16-34)27-47(39)60(3,4)49(43)33-51(45)62(53)57(41)55/h5-33H,1-4H3. The molecular formula is C60H41B2N. The third-order valence-corrected chi connectivity index (χ3v) is 16.3. The monoisotopic (exact) mass is 797 g/mol. The fraction of sp³-hybridized carbons (Fsp3) is 0.100. The molecule has 9 aromatic carbocycles. The first-order chi connectivity index (χ1) is 30.8. The van der Waals surface area contributed by atoms with Crippen LogP contribution in [0.5, 0.6) is 0 Å². The summed E-state index contributed by atoms with van der Waals surface area (Å²) >= 11 is 0. The lowest BCUT2D eigenvalue weighted by Gasteiger charge is -2.43. The Labute approximate surface area is 369 Å². The van der Waals surface area contributed by atoms with Crippen molar-refractivity contribution in [2.75, 3.05) is 4.90 Å². The number of anilines is 3. The summed E-state index contributed by atoms with van der Waals surface area (Å²) in [7, 11) is 0. The first-order valence-corrected chi connectivity index (χ1v) is 22.7. The molecule has 4 heterocycles. The number of fused-ring (bicyclic) bond motifs is 16. The molecule has 0 saturated carbocycles. The van der Waals surface area contributed by atoms with Crippen LogP contribution in [0.4, 0.5) is 17.1 Å². The Balaban J connectivity index is 0.995. The fourth-order valence-electron chi connectivity index (χ4n) is 13.4. The Morgan fingerprint density at radius 1 is 0.317 bits per heavy atom. The van der Waals surface area contributed by atoms with E-state index in [-0.39, 0.29) is 24.3 Å². The molecule has 4 aliphatic heterocycles. The SMILES string of the molecule is CC1(C)c2ccccc2-c2cc3c(cc21)B1c2cc(-c4ccccc4)cc4c2N(c2cccc-3c21)c1cccc2c1B4c1cc3c(cc1-2)-c1ccc(-c2ccccc2)cc1C3(C)C. The van der Waals surface area contributed by atoms with E-state index in [2.05, 4.69) is 209 Å². The van der Waals surface area contributed by atoms with Crippen molar-refractivity contribution in [2.24, 2.45) is 0 Å². The lowest BCUT2D eigenvalue weighted by Crippen LogP contribution is -2.63. The van der Waals surface area contributed by atoms with Gasteiger partial charge in [0.1, 0.15) is 0 Å². The third-order valence-electron chi connectivity index (χ3n) is 16.3. The molecule has 3 heteroatoms. The normalized spacial score (nSPS) is 15.8. The van der Waals surface area contributed by atoms with Gasteiger partial charge in [-0.3, -0.25) is 0 Å². The molecule has 0 atom stereocenters. The molecule has 0 radical (unpaired) electrons. The van der Waals surface area contributed by atoms with Gasteiger partial charge in [-0.05, 0) is 141 Å². The van der Waals surface area contributed by atoms with Crippen LogP contribution in [0.1, 0.15) is 49.9 Å². The number of rotatable bonds is 2. The Bertz CT molecular complexity index is 3580. The van der Waals surface area contributed by atoms with Crippen LogP contribution in [0.15, 0.2) is 176 Å². The second-order valence-electron chi connectivity index (χ2n) is 19.9. The summed E-state index contributed by atoms with van der Waals surface area (Å²) in [6.45, 7) is 9.96. The molecule has 15 rings (SSSR count). The molecule has 0 N–H and O–H groups in total. The molecule has 1 nitrogen and oxygen atoms in total. The van der Waals surface area contributed by atoms with Gasteiger partial charge in [0.2, 0.25) is 13.4 Å². The van der Waals surface area contributed by atoms with Gasteiger partial charge in [-0.25, -0.2) is 0 Å². The fourth-order valence-corrected chi connectivity index (χ4v) is 13.4. The molecule has 0 saturated heterocycles. The summed E-state index contributed by atoms with van der Waals surface area (Å²) in [4.78, 5) is 2.67. The van der Waals surface area contributed by atoms with Crippen molar-refractivity contribution in [1.29, 1.82) is 0 Å². The van der Waals surface area contributed by atoms with Crippen LogP contribution in [-0.2, 0) is 10.8 Å². The van der Waals surface area contributed by atoms with Gasteiger partial charge in [-0.2, -0.15) is 0 Å². The molecule has 9 aromatic rings. The lowest BCUT2D eigenvalue weighted by atomic mass is 9.32. The third kappa shape index (κ3) is 4.13. The molecule has 6 aliphatic rings. The van der Waals surface area contributed by atoms with Crippen LogP contribution in [0.3, 0.4) is 0 Å². The highest BCUT2D eigenvalue weighted by Crippen LogP contribution is 2.53. The summed E-state index contributed by atoms with van der Waals surface area (Å²) in [6.07, 6.45) is 0. The van der Waals surface area contributed by atoms with E-state index in [0.29, 0.717) is 0 Å². The summed E-state index contributed by atoms with van der Waals surface area (Å²) < 4.78 is 0. The van der Waals surface area contributed by atoms with Crippen LogP contribution in [0.25, 0.3) is 66.8 Å². The van der Waals surface area contributed by atoms with E-state index in [9.17, 15) is 0 Å². The topological polar surface area (TPSA) is 3.24 Å². The molecule has 0 amide bonds. The van der Waals surface area contributed by atoms with Crippen LogP contribution < -0.4 is 37.7 Å². The van der Waals surface area contributed by atoms with Crippen molar-refractivity contribution in [3.8, 4) is 66.8 Å². The average Bonchev–Trinajstić information content (AvgIpc) is 3.97. The first-order valence-electron chi connectivity index (χ1n) is 22.7. The zero-order valence-corrected chi connectivity index (χ0v) is 35.8.